The van der Waals surface area contributed by atoms with Crippen molar-refractivity contribution in [3.63, 3.8) is 0 Å². The first kappa shape index (κ1) is 15.8. The van der Waals surface area contributed by atoms with Crippen molar-refractivity contribution in [2.75, 3.05) is 25.0 Å². The van der Waals surface area contributed by atoms with E-state index in [1.165, 1.54) is 0 Å². The second-order valence-corrected chi connectivity index (χ2v) is 6.39. The van der Waals surface area contributed by atoms with E-state index in [1.54, 1.807) is 6.07 Å². The maximum Gasteiger partial charge on any atom is 0.292 e. The normalized spacial score (nSPS) is 17.1. The Morgan fingerprint density at radius 3 is 2.62 bits per heavy atom. The molecule has 0 saturated carbocycles. The smallest absolute Gasteiger partial charge is 0.292 e. The highest BCUT2D eigenvalue weighted by molar-refractivity contribution is 5.63. The van der Waals surface area contributed by atoms with E-state index in [4.69, 9.17) is 0 Å². The average molecular weight is 291 g/mol. The van der Waals surface area contributed by atoms with Crippen molar-refractivity contribution in [2.45, 2.75) is 39.7 Å². The molecule has 0 bridgehead atoms. The van der Waals surface area contributed by atoms with Crippen molar-refractivity contribution in [1.29, 1.82) is 0 Å². The van der Waals surface area contributed by atoms with E-state index in [0.29, 0.717) is 17.6 Å². The standard InChI is InChI=1S/C16H25N3O2/c1-12(2)11-18-8-6-14(7-9-18)17-15-5-4-13(3)10-16(15)19(20)21/h4-5,10,12,14,17H,6-9,11H2,1-3H3. The topological polar surface area (TPSA) is 58.4 Å². The number of nitrogens with zero attached hydrogens (tertiary/aromatic N) is 2. The van der Waals surface area contributed by atoms with Gasteiger partial charge in [0.25, 0.3) is 5.69 Å². The summed E-state index contributed by atoms with van der Waals surface area (Å²) in [5.74, 6) is 0.688. The summed E-state index contributed by atoms with van der Waals surface area (Å²) in [5.41, 5.74) is 1.74. The molecule has 5 heteroatoms. The second kappa shape index (κ2) is 6.89. The molecule has 1 aromatic carbocycles. The van der Waals surface area contributed by atoms with E-state index in [9.17, 15) is 10.1 Å². The van der Waals surface area contributed by atoms with Crippen LogP contribution in [0, 0.1) is 23.0 Å². The maximum atomic E-state index is 11.1. The minimum Gasteiger partial charge on any atom is -0.377 e. The van der Waals surface area contributed by atoms with Crippen molar-refractivity contribution < 1.29 is 4.92 Å². The average Bonchev–Trinajstić information content (AvgIpc) is 2.42. The second-order valence-electron chi connectivity index (χ2n) is 6.39. The number of nitro benzene ring substituents is 1. The molecule has 21 heavy (non-hydrogen) atoms. The van der Waals surface area contributed by atoms with Gasteiger partial charge in [0.1, 0.15) is 5.69 Å². The van der Waals surface area contributed by atoms with Gasteiger partial charge in [0.05, 0.1) is 4.92 Å². The van der Waals surface area contributed by atoms with Crippen LogP contribution in [-0.4, -0.2) is 35.5 Å². The molecule has 1 aliphatic rings. The van der Waals surface area contributed by atoms with Crippen LogP contribution in [0.3, 0.4) is 0 Å². The molecule has 0 unspecified atom stereocenters. The summed E-state index contributed by atoms with van der Waals surface area (Å²) in [5, 5.41) is 14.5. The number of anilines is 1. The molecule has 0 atom stereocenters. The number of rotatable bonds is 5. The van der Waals surface area contributed by atoms with Gasteiger partial charge < -0.3 is 10.2 Å². The third kappa shape index (κ3) is 4.43. The van der Waals surface area contributed by atoms with Gasteiger partial charge in [0.2, 0.25) is 0 Å². The Morgan fingerprint density at radius 1 is 1.38 bits per heavy atom. The third-order valence-corrected chi connectivity index (χ3v) is 3.92. The summed E-state index contributed by atoms with van der Waals surface area (Å²) in [6.45, 7) is 9.61. The summed E-state index contributed by atoms with van der Waals surface area (Å²) in [6.07, 6.45) is 2.08. The summed E-state index contributed by atoms with van der Waals surface area (Å²) >= 11 is 0. The zero-order valence-corrected chi connectivity index (χ0v) is 13.1. The number of nitro groups is 1. The Kier molecular flexibility index (Phi) is 5.17. The van der Waals surface area contributed by atoms with E-state index < -0.39 is 0 Å². The highest BCUT2D eigenvalue weighted by Gasteiger charge is 2.22. The Hall–Kier alpha value is -1.62. The number of aryl methyl sites for hydroxylation is 1. The molecule has 1 fully saturated rings. The van der Waals surface area contributed by atoms with Gasteiger partial charge in [-0.25, -0.2) is 0 Å². The lowest BCUT2D eigenvalue weighted by atomic mass is 10.0. The van der Waals surface area contributed by atoms with Crippen LogP contribution >= 0.6 is 0 Å². The predicted octanol–water partition coefficient (Wildman–Crippen LogP) is 3.44. The Labute approximate surface area is 126 Å². The molecule has 1 saturated heterocycles. The first-order valence-corrected chi connectivity index (χ1v) is 7.69. The van der Waals surface area contributed by atoms with Crippen LogP contribution in [0.5, 0.6) is 0 Å². The van der Waals surface area contributed by atoms with Gasteiger partial charge in [-0.3, -0.25) is 10.1 Å². The van der Waals surface area contributed by atoms with Crippen LogP contribution in [0.2, 0.25) is 0 Å². The van der Waals surface area contributed by atoms with Gasteiger partial charge in [0.15, 0.2) is 0 Å². The van der Waals surface area contributed by atoms with Crippen molar-refractivity contribution in [3.05, 3.63) is 33.9 Å². The van der Waals surface area contributed by atoms with Crippen LogP contribution in [0.15, 0.2) is 18.2 Å². The van der Waals surface area contributed by atoms with E-state index in [0.717, 1.165) is 38.0 Å². The predicted molar refractivity (Wildman–Crippen MR) is 85.8 cm³/mol. The van der Waals surface area contributed by atoms with Crippen molar-refractivity contribution in [1.82, 2.24) is 4.90 Å². The molecule has 1 aliphatic heterocycles. The van der Waals surface area contributed by atoms with Gasteiger partial charge in [-0.1, -0.05) is 19.9 Å². The fourth-order valence-corrected chi connectivity index (χ4v) is 2.91. The molecular formula is C16H25N3O2. The third-order valence-electron chi connectivity index (χ3n) is 3.92. The zero-order chi connectivity index (χ0) is 15.4. The molecule has 1 N–H and O–H groups in total. The molecule has 0 aromatic heterocycles. The molecule has 1 aromatic rings. The van der Waals surface area contributed by atoms with E-state index in [-0.39, 0.29) is 10.6 Å². The molecule has 0 spiro atoms. The zero-order valence-electron chi connectivity index (χ0n) is 13.1. The first-order chi connectivity index (χ1) is 9.95. The van der Waals surface area contributed by atoms with Gasteiger partial charge in [-0.2, -0.15) is 0 Å². The Morgan fingerprint density at radius 2 is 2.05 bits per heavy atom. The maximum absolute atomic E-state index is 11.1. The molecular weight excluding hydrogens is 266 g/mol. The SMILES string of the molecule is Cc1ccc(NC2CCN(CC(C)C)CC2)c([N+](=O)[O-])c1. The molecule has 116 valence electrons. The minimum absolute atomic E-state index is 0.180. The van der Waals surface area contributed by atoms with Crippen LogP contribution in [-0.2, 0) is 0 Å². The largest absolute Gasteiger partial charge is 0.377 e. The summed E-state index contributed by atoms with van der Waals surface area (Å²) in [7, 11) is 0. The lowest BCUT2D eigenvalue weighted by Gasteiger charge is -2.33. The highest BCUT2D eigenvalue weighted by Crippen LogP contribution is 2.27. The molecule has 0 amide bonds. The summed E-state index contributed by atoms with van der Waals surface area (Å²) in [4.78, 5) is 13.3. The number of piperidine rings is 1. The molecule has 0 aliphatic carbocycles. The van der Waals surface area contributed by atoms with E-state index >= 15 is 0 Å². The van der Waals surface area contributed by atoms with Gasteiger partial charge in [-0.15, -0.1) is 0 Å². The van der Waals surface area contributed by atoms with Crippen molar-refractivity contribution in [3.8, 4) is 0 Å². The Balaban J connectivity index is 1.96. The number of hydrogen-bond acceptors (Lipinski definition) is 4. The van der Waals surface area contributed by atoms with Crippen LogP contribution in [0.4, 0.5) is 11.4 Å². The van der Waals surface area contributed by atoms with Crippen molar-refractivity contribution >= 4 is 11.4 Å². The monoisotopic (exact) mass is 291 g/mol. The molecule has 0 radical (unpaired) electrons. The van der Waals surface area contributed by atoms with Gasteiger partial charge >= 0.3 is 0 Å². The van der Waals surface area contributed by atoms with E-state index in [2.05, 4.69) is 24.1 Å². The fourth-order valence-electron chi connectivity index (χ4n) is 2.91. The number of hydrogen-bond donors (Lipinski definition) is 1. The van der Waals surface area contributed by atoms with Crippen LogP contribution < -0.4 is 5.32 Å². The van der Waals surface area contributed by atoms with E-state index in [1.807, 2.05) is 19.1 Å². The number of nitrogens with one attached hydrogen (secondary N) is 1. The van der Waals surface area contributed by atoms with Gasteiger partial charge in [-0.05, 0) is 37.3 Å². The van der Waals surface area contributed by atoms with Crippen molar-refractivity contribution in [2.24, 2.45) is 5.92 Å². The molecule has 2 rings (SSSR count). The van der Waals surface area contributed by atoms with Crippen LogP contribution in [0.1, 0.15) is 32.3 Å². The summed E-state index contributed by atoms with van der Waals surface area (Å²) in [6, 6.07) is 5.71. The number of likely N-dealkylation sites (tertiary alicyclic amines) is 1. The molecule has 1 heterocycles. The Bertz CT molecular complexity index is 494. The summed E-state index contributed by atoms with van der Waals surface area (Å²) < 4.78 is 0. The first-order valence-electron chi connectivity index (χ1n) is 7.69. The van der Waals surface area contributed by atoms with Crippen LogP contribution in [0.25, 0.3) is 0 Å². The quantitative estimate of drug-likeness (QED) is 0.667. The lowest BCUT2D eigenvalue weighted by Crippen LogP contribution is -2.40. The minimum atomic E-state index is -0.302. The van der Waals surface area contributed by atoms with Gasteiger partial charge in [0, 0.05) is 31.7 Å². The number of benzene rings is 1. The molecule has 5 nitrogen and oxygen atoms in total. The lowest BCUT2D eigenvalue weighted by molar-refractivity contribution is -0.384. The fraction of sp³-hybridized carbons (Fsp3) is 0.625. The highest BCUT2D eigenvalue weighted by atomic mass is 16.6.